The van der Waals surface area contributed by atoms with Gasteiger partial charge in [-0.2, -0.15) is 0 Å². The fraction of sp³-hybridized carbons (Fsp3) is 0.294. The average molecular weight is 224 g/mol. The molecule has 0 aliphatic heterocycles. The quantitative estimate of drug-likeness (QED) is 0.646. The van der Waals surface area contributed by atoms with Gasteiger partial charge in [0, 0.05) is 0 Å². The monoisotopic (exact) mass is 224 g/mol. The summed E-state index contributed by atoms with van der Waals surface area (Å²) >= 11 is 0. The second-order valence-electron chi connectivity index (χ2n) is 5.05. The van der Waals surface area contributed by atoms with Gasteiger partial charge >= 0.3 is 0 Å². The maximum absolute atomic E-state index is 2.30. The van der Waals surface area contributed by atoms with Gasteiger partial charge in [-0.1, -0.05) is 35.9 Å². The highest BCUT2D eigenvalue weighted by Crippen LogP contribution is 2.28. The SMILES string of the molecule is Cc1ccc(C)c(-c2cc(C)c(C)c(C)c2)c1. The fourth-order valence-corrected chi connectivity index (χ4v) is 2.24. The van der Waals surface area contributed by atoms with Crippen molar-refractivity contribution in [3.63, 3.8) is 0 Å². The molecule has 0 nitrogen and oxygen atoms in total. The molecule has 0 aromatic heterocycles. The summed E-state index contributed by atoms with van der Waals surface area (Å²) < 4.78 is 0. The zero-order valence-corrected chi connectivity index (χ0v) is 11.4. The van der Waals surface area contributed by atoms with Crippen LogP contribution in [-0.2, 0) is 0 Å². The van der Waals surface area contributed by atoms with Gasteiger partial charge in [0.1, 0.15) is 0 Å². The molecule has 0 atom stereocenters. The Balaban J connectivity index is 2.64. The first-order valence-corrected chi connectivity index (χ1v) is 6.14. The van der Waals surface area contributed by atoms with E-state index in [2.05, 4.69) is 65.0 Å². The van der Waals surface area contributed by atoms with E-state index in [1.165, 1.54) is 38.9 Å². The Morgan fingerprint density at radius 3 is 1.82 bits per heavy atom. The van der Waals surface area contributed by atoms with E-state index >= 15 is 0 Å². The normalized spacial score (nSPS) is 10.6. The number of aryl methyl sites for hydroxylation is 4. The molecule has 0 saturated heterocycles. The molecular weight excluding hydrogens is 204 g/mol. The van der Waals surface area contributed by atoms with Crippen molar-refractivity contribution in [1.82, 2.24) is 0 Å². The lowest BCUT2D eigenvalue weighted by Crippen LogP contribution is -1.91. The van der Waals surface area contributed by atoms with Crippen LogP contribution in [0.25, 0.3) is 11.1 Å². The minimum Gasteiger partial charge on any atom is -0.0590 e. The highest BCUT2D eigenvalue weighted by molar-refractivity contribution is 5.70. The molecule has 0 unspecified atom stereocenters. The van der Waals surface area contributed by atoms with Crippen LogP contribution in [-0.4, -0.2) is 0 Å². The third-order valence-electron chi connectivity index (χ3n) is 3.63. The predicted octanol–water partition coefficient (Wildman–Crippen LogP) is 4.90. The molecule has 17 heavy (non-hydrogen) atoms. The van der Waals surface area contributed by atoms with Gasteiger partial charge in [0.15, 0.2) is 0 Å². The van der Waals surface area contributed by atoms with Gasteiger partial charge in [-0.15, -0.1) is 0 Å². The number of rotatable bonds is 1. The first-order chi connectivity index (χ1) is 7.99. The molecule has 2 aromatic rings. The van der Waals surface area contributed by atoms with Crippen LogP contribution in [0.3, 0.4) is 0 Å². The minimum absolute atomic E-state index is 1.32. The van der Waals surface area contributed by atoms with Crippen LogP contribution in [0.2, 0.25) is 0 Å². The van der Waals surface area contributed by atoms with Crippen molar-refractivity contribution in [1.29, 1.82) is 0 Å². The van der Waals surface area contributed by atoms with Crippen LogP contribution in [0.15, 0.2) is 30.3 Å². The summed E-state index contributed by atoms with van der Waals surface area (Å²) in [7, 11) is 0. The Hall–Kier alpha value is -1.56. The standard InChI is InChI=1S/C17H20/c1-11-6-7-12(2)17(8-11)16-9-13(3)15(5)14(4)10-16/h6-10H,1-5H3. The molecule has 0 radical (unpaired) electrons. The van der Waals surface area contributed by atoms with Gasteiger partial charge in [-0.05, 0) is 68.0 Å². The summed E-state index contributed by atoms with van der Waals surface area (Å²) in [4.78, 5) is 0. The molecule has 0 spiro atoms. The van der Waals surface area contributed by atoms with E-state index in [4.69, 9.17) is 0 Å². The lowest BCUT2D eigenvalue weighted by atomic mass is 9.93. The molecule has 0 amide bonds. The molecule has 0 N–H and O–H groups in total. The predicted molar refractivity (Wildman–Crippen MR) is 75.6 cm³/mol. The Labute approximate surface area is 104 Å². The van der Waals surface area contributed by atoms with Crippen molar-refractivity contribution in [2.45, 2.75) is 34.6 Å². The minimum atomic E-state index is 1.32. The topological polar surface area (TPSA) is 0 Å². The second kappa shape index (κ2) is 4.37. The van der Waals surface area contributed by atoms with Crippen molar-refractivity contribution in [2.24, 2.45) is 0 Å². The summed E-state index contributed by atoms with van der Waals surface area (Å²) in [5, 5.41) is 0. The molecular formula is C17H20. The molecule has 0 heteroatoms. The van der Waals surface area contributed by atoms with Gasteiger partial charge < -0.3 is 0 Å². The van der Waals surface area contributed by atoms with Crippen LogP contribution in [0.4, 0.5) is 0 Å². The van der Waals surface area contributed by atoms with Crippen molar-refractivity contribution in [3.8, 4) is 11.1 Å². The fourth-order valence-electron chi connectivity index (χ4n) is 2.24. The van der Waals surface area contributed by atoms with Gasteiger partial charge in [0.2, 0.25) is 0 Å². The smallest absolute Gasteiger partial charge is 0.0152 e. The second-order valence-corrected chi connectivity index (χ2v) is 5.05. The van der Waals surface area contributed by atoms with E-state index in [1.807, 2.05) is 0 Å². The van der Waals surface area contributed by atoms with Gasteiger partial charge in [-0.25, -0.2) is 0 Å². The summed E-state index contributed by atoms with van der Waals surface area (Å²) in [5.74, 6) is 0. The highest BCUT2D eigenvalue weighted by Gasteiger charge is 2.06. The van der Waals surface area contributed by atoms with E-state index in [0.29, 0.717) is 0 Å². The average Bonchev–Trinajstić information content (AvgIpc) is 2.28. The Bertz CT molecular complexity index is 539. The Morgan fingerprint density at radius 2 is 1.24 bits per heavy atom. The zero-order chi connectivity index (χ0) is 12.6. The van der Waals surface area contributed by atoms with Crippen LogP contribution in [0, 0.1) is 34.6 Å². The van der Waals surface area contributed by atoms with Gasteiger partial charge in [0.05, 0.1) is 0 Å². The molecule has 0 saturated carbocycles. The molecule has 0 bridgehead atoms. The summed E-state index contributed by atoms with van der Waals surface area (Å²) in [6.45, 7) is 10.9. The summed E-state index contributed by atoms with van der Waals surface area (Å²) in [6, 6.07) is 11.2. The zero-order valence-electron chi connectivity index (χ0n) is 11.4. The summed E-state index contributed by atoms with van der Waals surface area (Å²) in [6.07, 6.45) is 0. The van der Waals surface area contributed by atoms with Crippen molar-refractivity contribution in [2.75, 3.05) is 0 Å². The Morgan fingerprint density at radius 1 is 0.647 bits per heavy atom. The maximum atomic E-state index is 2.30. The van der Waals surface area contributed by atoms with E-state index in [0.717, 1.165) is 0 Å². The van der Waals surface area contributed by atoms with Crippen molar-refractivity contribution >= 4 is 0 Å². The van der Waals surface area contributed by atoms with Crippen LogP contribution in [0.1, 0.15) is 27.8 Å². The van der Waals surface area contributed by atoms with Gasteiger partial charge in [-0.3, -0.25) is 0 Å². The van der Waals surface area contributed by atoms with E-state index in [-0.39, 0.29) is 0 Å². The number of hydrogen-bond donors (Lipinski definition) is 0. The van der Waals surface area contributed by atoms with E-state index in [1.54, 1.807) is 0 Å². The third kappa shape index (κ3) is 2.26. The first kappa shape index (κ1) is 11.9. The van der Waals surface area contributed by atoms with Crippen molar-refractivity contribution < 1.29 is 0 Å². The molecule has 0 heterocycles. The van der Waals surface area contributed by atoms with E-state index in [9.17, 15) is 0 Å². The maximum Gasteiger partial charge on any atom is -0.0152 e. The van der Waals surface area contributed by atoms with Crippen LogP contribution < -0.4 is 0 Å². The molecule has 2 rings (SSSR count). The third-order valence-corrected chi connectivity index (χ3v) is 3.63. The molecule has 2 aromatic carbocycles. The molecule has 0 aliphatic carbocycles. The Kier molecular flexibility index (Phi) is 3.06. The van der Waals surface area contributed by atoms with Crippen LogP contribution in [0.5, 0.6) is 0 Å². The van der Waals surface area contributed by atoms with Gasteiger partial charge in [0.25, 0.3) is 0 Å². The van der Waals surface area contributed by atoms with Crippen molar-refractivity contribution in [3.05, 3.63) is 58.1 Å². The number of benzene rings is 2. The van der Waals surface area contributed by atoms with E-state index < -0.39 is 0 Å². The lowest BCUT2D eigenvalue weighted by Gasteiger charge is -2.12. The number of hydrogen-bond acceptors (Lipinski definition) is 0. The summed E-state index contributed by atoms with van der Waals surface area (Å²) in [5.41, 5.74) is 9.52. The molecule has 0 fully saturated rings. The first-order valence-electron chi connectivity index (χ1n) is 6.14. The highest BCUT2D eigenvalue weighted by atomic mass is 14.1. The molecule has 88 valence electrons. The lowest BCUT2D eigenvalue weighted by molar-refractivity contribution is 1.26. The molecule has 0 aliphatic rings. The van der Waals surface area contributed by atoms with Crippen LogP contribution >= 0.6 is 0 Å². The largest absolute Gasteiger partial charge is 0.0590 e.